The summed E-state index contributed by atoms with van der Waals surface area (Å²) in [6, 6.07) is 7.22. The maximum Gasteiger partial charge on any atom is 0.264 e. The van der Waals surface area contributed by atoms with E-state index in [1.807, 2.05) is 26.0 Å². The number of hydrogen-bond acceptors (Lipinski definition) is 7. The smallest absolute Gasteiger partial charge is 0.264 e. The van der Waals surface area contributed by atoms with E-state index in [9.17, 15) is 4.79 Å². The van der Waals surface area contributed by atoms with Crippen LogP contribution < -0.4 is 10.9 Å². The van der Waals surface area contributed by atoms with Crippen LogP contribution >= 0.6 is 11.6 Å². The Morgan fingerprint density at radius 1 is 1.18 bits per heavy atom. The standard InChI is InChI=1S/C24H21ClN6O2/c1-4-31-21-16(10-27-23(29-21)30-24(3)12-33-13-24)7-18(22(31)32)17-6-5-15(8-19(17)25)20-11-26-9-14(2)28-20/h4-11H,1,12-13H2,2-3H3,(H,27,29,30). The van der Waals surface area contributed by atoms with E-state index in [1.54, 1.807) is 30.7 Å². The highest BCUT2D eigenvalue weighted by atomic mass is 35.5. The van der Waals surface area contributed by atoms with Crippen molar-refractivity contribution in [1.29, 1.82) is 0 Å². The van der Waals surface area contributed by atoms with Crippen molar-refractivity contribution in [3.63, 3.8) is 0 Å². The van der Waals surface area contributed by atoms with Crippen molar-refractivity contribution in [1.82, 2.24) is 24.5 Å². The second-order valence-corrected chi connectivity index (χ2v) is 8.71. The Morgan fingerprint density at radius 2 is 2.00 bits per heavy atom. The average molecular weight is 461 g/mol. The molecule has 1 aliphatic heterocycles. The minimum atomic E-state index is -0.273. The van der Waals surface area contributed by atoms with Gasteiger partial charge in [-0.3, -0.25) is 14.3 Å². The van der Waals surface area contributed by atoms with Crippen LogP contribution in [0.15, 0.2) is 54.2 Å². The van der Waals surface area contributed by atoms with Crippen LogP contribution in [-0.4, -0.2) is 43.3 Å². The van der Waals surface area contributed by atoms with Crippen molar-refractivity contribution < 1.29 is 4.74 Å². The van der Waals surface area contributed by atoms with Crippen LogP contribution in [0.1, 0.15) is 12.6 Å². The second-order valence-electron chi connectivity index (χ2n) is 8.31. The molecule has 166 valence electrons. The number of nitrogens with zero attached hydrogens (tertiary/aromatic N) is 5. The molecule has 3 aromatic heterocycles. The van der Waals surface area contributed by atoms with Crippen molar-refractivity contribution in [2.45, 2.75) is 19.4 Å². The maximum absolute atomic E-state index is 13.3. The van der Waals surface area contributed by atoms with Crippen LogP contribution in [0.2, 0.25) is 5.02 Å². The first-order valence-electron chi connectivity index (χ1n) is 10.4. The number of hydrogen-bond donors (Lipinski definition) is 1. The Hall–Kier alpha value is -3.62. The molecular weight excluding hydrogens is 440 g/mol. The Bertz CT molecular complexity index is 1460. The summed E-state index contributed by atoms with van der Waals surface area (Å²) in [6.45, 7) is 8.86. The Balaban J connectivity index is 1.59. The summed E-state index contributed by atoms with van der Waals surface area (Å²) in [7, 11) is 0. The lowest BCUT2D eigenvalue weighted by atomic mass is 10.0. The molecule has 0 saturated carbocycles. The van der Waals surface area contributed by atoms with Gasteiger partial charge >= 0.3 is 0 Å². The van der Waals surface area contributed by atoms with Gasteiger partial charge in [-0.25, -0.2) is 9.97 Å². The molecule has 0 amide bonds. The molecule has 1 saturated heterocycles. The van der Waals surface area contributed by atoms with Crippen LogP contribution in [0.4, 0.5) is 5.95 Å². The highest BCUT2D eigenvalue weighted by Crippen LogP contribution is 2.31. The van der Waals surface area contributed by atoms with Crippen molar-refractivity contribution in [3.05, 3.63) is 70.5 Å². The van der Waals surface area contributed by atoms with Gasteiger partial charge in [-0.2, -0.15) is 4.98 Å². The number of ether oxygens (including phenoxy) is 1. The first kappa shape index (κ1) is 21.2. The summed E-state index contributed by atoms with van der Waals surface area (Å²) in [5, 5.41) is 4.39. The minimum absolute atomic E-state index is 0.218. The molecule has 0 radical (unpaired) electrons. The Morgan fingerprint density at radius 3 is 2.67 bits per heavy atom. The van der Waals surface area contributed by atoms with E-state index in [0.29, 0.717) is 52.0 Å². The van der Waals surface area contributed by atoms with Crippen LogP contribution in [0.3, 0.4) is 0 Å². The lowest BCUT2D eigenvalue weighted by molar-refractivity contribution is -0.0322. The third kappa shape index (κ3) is 3.88. The summed E-state index contributed by atoms with van der Waals surface area (Å²) < 4.78 is 6.68. The highest BCUT2D eigenvalue weighted by molar-refractivity contribution is 6.33. The van der Waals surface area contributed by atoms with E-state index >= 15 is 0 Å². The van der Waals surface area contributed by atoms with E-state index in [2.05, 4.69) is 31.8 Å². The number of rotatable bonds is 5. The topological polar surface area (TPSA) is 94.8 Å². The van der Waals surface area contributed by atoms with Gasteiger partial charge in [-0.05, 0) is 26.0 Å². The molecule has 8 nitrogen and oxygen atoms in total. The molecule has 1 aliphatic rings. The summed E-state index contributed by atoms with van der Waals surface area (Å²) in [5.41, 5.74) is 3.34. The second kappa shape index (κ2) is 8.06. The maximum atomic E-state index is 13.3. The number of fused-ring (bicyclic) bond motifs is 1. The van der Waals surface area contributed by atoms with Gasteiger partial charge in [0.2, 0.25) is 5.95 Å². The van der Waals surface area contributed by atoms with E-state index in [-0.39, 0.29) is 11.1 Å². The fourth-order valence-corrected chi connectivity index (χ4v) is 4.07. The molecule has 4 aromatic rings. The van der Waals surface area contributed by atoms with Crippen molar-refractivity contribution in [2.75, 3.05) is 18.5 Å². The van der Waals surface area contributed by atoms with Crippen LogP contribution in [-0.2, 0) is 4.74 Å². The third-order valence-electron chi connectivity index (χ3n) is 5.52. The molecule has 9 heteroatoms. The van der Waals surface area contributed by atoms with Gasteiger partial charge in [0.25, 0.3) is 5.56 Å². The van der Waals surface area contributed by atoms with Gasteiger partial charge in [-0.15, -0.1) is 0 Å². The molecule has 0 bridgehead atoms. The predicted molar refractivity (Wildman–Crippen MR) is 129 cm³/mol. The summed E-state index contributed by atoms with van der Waals surface area (Å²) >= 11 is 6.62. The van der Waals surface area contributed by atoms with E-state index in [1.165, 1.54) is 10.8 Å². The Labute approximate surface area is 195 Å². The quantitative estimate of drug-likeness (QED) is 0.477. The molecule has 0 spiro atoms. The molecule has 1 fully saturated rings. The van der Waals surface area contributed by atoms with E-state index in [4.69, 9.17) is 16.3 Å². The number of aryl methyl sites for hydroxylation is 1. The van der Waals surface area contributed by atoms with Gasteiger partial charge in [0.15, 0.2) is 5.65 Å². The zero-order valence-electron chi connectivity index (χ0n) is 18.2. The number of anilines is 1. The largest absolute Gasteiger partial charge is 0.376 e. The number of nitrogens with one attached hydrogen (secondary N) is 1. The summed E-state index contributed by atoms with van der Waals surface area (Å²) in [5.74, 6) is 0.428. The fourth-order valence-electron chi connectivity index (χ4n) is 3.79. The first-order valence-corrected chi connectivity index (χ1v) is 10.7. The number of benzene rings is 1. The van der Waals surface area contributed by atoms with Crippen molar-refractivity contribution >= 4 is 34.8 Å². The lowest BCUT2D eigenvalue weighted by Gasteiger charge is -2.38. The SMILES string of the molecule is C=Cn1c(=O)c(-c2ccc(-c3cncc(C)n3)cc2Cl)cc2cnc(NC3(C)COC3)nc21. The van der Waals surface area contributed by atoms with E-state index in [0.717, 1.165) is 11.3 Å². The van der Waals surface area contributed by atoms with Gasteiger partial charge in [-0.1, -0.05) is 30.3 Å². The molecule has 0 atom stereocenters. The van der Waals surface area contributed by atoms with Gasteiger partial charge in [0.1, 0.15) is 0 Å². The van der Waals surface area contributed by atoms with Crippen molar-refractivity contribution in [3.8, 4) is 22.4 Å². The molecule has 5 rings (SSSR count). The van der Waals surface area contributed by atoms with Crippen LogP contribution in [0, 0.1) is 6.92 Å². The minimum Gasteiger partial charge on any atom is -0.376 e. The summed E-state index contributed by atoms with van der Waals surface area (Å²) in [4.78, 5) is 31.0. The van der Waals surface area contributed by atoms with Crippen LogP contribution in [0.25, 0.3) is 39.6 Å². The number of aromatic nitrogens is 5. The van der Waals surface area contributed by atoms with Gasteiger partial charge in [0, 0.05) is 45.7 Å². The number of pyridine rings is 1. The highest BCUT2D eigenvalue weighted by Gasteiger charge is 2.34. The molecule has 4 heterocycles. The molecule has 33 heavy (non-hydrogen) atoms. The van der Waals surface area contributed by atoms with Crippen LogP contribution in [0.5, 0.6) is 0 Å². The zero-order chi connectivity index (χ0) is 23.2. The van der Waals surface area contributed by atoms with Gasteiger partial charge < -0.3 is 10.1 Å². The molecule has 0 aliphatic carbocycles. The lowest BCUT2D eigenvalue weighted by Crippen LogP contribution is -2.53. The molecule has 1 aromatic carbocycles. The fraction of sp³-hybridized carbons (Fsp3) is 0.208. The first-order chi connectivity index (χ1) is 15.9. The third-order valence-corrected chi connectivity index (χ3v) is 5.83. The molecule has 1 N–H and O–H groups in total. The van der Waals surface area contributed by atoms with Gasteiger partial charge in [0.05, 0.1) is 36.3 Å². The van der Waals surface area contributed by atoms with E-state index < -0.39 is 0 Å². The molecule has 0 unspecified atom stereocenters. The van der Waals surface area contributed by atoms with Crippen molar-refractivity contribution in [2.24, 2.45) is 0 Å². The summed E-state index contributed by atoms with van der Waals surface area (Å²) in [6.07, 6.45) is 6.50. The average Bonchev–Trinajstić information content (AvgIpc) is 2.78. The predicted octanol–water partition coefficient (Wildman–Crippen LogP) is 4.18. The Kier molecular flexibility index (Phi) is 5.19. The molecular formula is C24H21ClN6O2. The zero-order valence-corrected chi connectivity index (χ0v) is 18.9. The monoisotopic (exact) mass is 460 g/mol. The number of halogens is 1. The normalized spacial score (nSPS) is 14.6.